The Labute approximate surface area is 128 Å². The molecule has 7 heteroatoms. The number of carboxylic acids is 1. The van der Waals surface area contributed by atoms with Gasteiger partial charge in [0.15, 0.2) is 0 Å². The molecule has 3 nitrogen and oxygen atoms in total. The van der Waals surface area contributed by atoms with Gasteiger partial charge in [-0.15, -0.1) is 11.3 Å². The maximum absolute atomic E-state index is 13.1. The zero-order chi connectivity index (χ0) is 15.9. The van der Waals surface area contributed by atoms with E-state index >= 15 is 0 Å². The van der Waals surface area contributed by atoms with Gasteiger partial charge in [0.1, 0.15) is 5.01 Å². The van der Waals surface area contributed by atoms with Crippen molar-refractivity contribution in [1.29, 1.82) is 0 Å². The predicted octanol–water partition coefficient (Wildman–Crippen LogP) is 4.33. The van der Waals surface area contributed by atoms with Crippen LogP contribution in [0.5, 0.6) is 0 Å². The van der Waals surface area contributed by atoms with Gasteiger partial charge in [-0.1, -0.05) is 18.2 Å². The van der Waals surface area contributed by atoms with Crippen molar-refractivity contribution >= 4 is 17.3 Å². The summed E-state index contributed by atoms with van der Waals surface area (Å²) in [6.45, 7) is 0. The number of fused-ring (bicyclic) bond motifs is 1. The predicted molar refractivity (Wildman–Crippen MR) is 75.9 cm³/mol. The van der Waals surface area contributed by atoms with Crippen LogP contribution in [0, 0.1) is 0 Å². The normalized spacial score (nSPS) is 18.0. The fourth-order valence-corrected chi connectivity index (χ4v) is 3.90. The molecule has 0 spiro atoms. The highest BCUT2D eigenvalue weighted by molar-refractivity contribution is 7.15. The quantitative estimate of drug-likeness (QED) is 0.893. The van der Waals surface area contributed by atoms with Gasteiger partial charge in [-0.05, 0) is 25.3 Å². The molecule has 1 N–H and O–H groups in total. The topological polar surface area (TPSA) is 50.2 Å². The van der Waals surface area contributed by atoms with Crippen molar-refractivity contribution in [2.24, 2.45) is 0 Å². The van der Waals surface area contributed by atoms with Gasteiger partial charge in [0.05, 0.1) is 17.2 Å². The number of hydrogen-bond acceptors (Lipinski definition) is 3. The second-order valence-corrected chi connectivity index (χ2v) is 6.24. The van der Waals surface area contributed by atoms with Crippen LogP contribution in [0.4, 0.5) is 13.2 Å². The molecule has 1 heterocycles. The Balaban J connectivity index is 2.10. The molecule has 22 heavy (non-hydrogen) atoms. The molecule has 1 aliphatic rings. The van der Waals surface area contributed by atoms with Crippen molar-refractivity contribution < 1.29 is 23.1 Å². The molecule has 116 valence electrons. The molecule has 0 fully saturated rings. The molecule has 0 bridgehead atoms. The highest BCUT2D eigenvalue weighted by Crippen LogP contribution is 2.42. The molecule has 3 rings (SSSR count). The second-order valence-electron chi connectivity index (χ2n) is 5.15. The standard InChI is InChI=1S/C15H12F3NO2S/c16-15(17,18)10-6-2-1-4-8(10)13-19-12-9(14(20)21)5-3-7-11(12)22-13/h1-2,4,6,9H,3,5,7H2,(H,20,21). The Kier molecular flexibility index (Phi) is 3.68. The van der Waals surface area contributed by atoms with E-state index in [2.05, 4.69) is 4.98 Å². The summed E-state index contributed by atoms with van der Waals surface area (Å²) >= 11 is 1.17. The van der Waals surface area contributed by atoms with Gasteiger partial charge < -0.3 is 5.11 Å². The second kappa shape index (κ2) is 5.39. The molecule has 1 atom stereocenters. The number of hydrogen-bond donors (Lipinski definition) is 1. The highest BCUT2D eigenvalue weighted by atomic mass is 32.1. The van der Waals surface area contributed by atoms with Gasteiger partial charge in [0.2, 0.25) is 0 Å². The third-order valence-electron chi connectivity index (χ3n) is 3.72. The molecule has 0 radical (unpaired) electrons. The van der Waals surface area contributed by atoms with E-state index in [1.165, 1.54) is 29.5 Å². The maximum Gasteiger partial charge on any atom is 0.417 e. The molecular weight excluding hydrogens is 315 g/mol. The summed E-state index contributed by atoms with van der Waals surface area (Å²) in [5.41, 5.74) is -0.303. The summed E-state index contributed by atoms with van der Waals surface area (Å²) in [4.78, 5) is 16.3. The fraction of sp³-hybridized carbons (Fsp3) is 0.333. The molecule has 2 aromatic rings. The maximum atomic E-state index is 13.1. The number of thiazole rings is 1. The van der Waals surface area contributed by atoms with E-state index in [4.69, 9.17) is 0 Å². The van der Waals surface area contributed by atoms with Gasteiger partial charge in [0.25, 0.3) is 0 Å². The first-order chi connectivity index (χ1) is 10.4. The SMILES string of the molecule is O=C(O)C1CCCc2sc(-c3ccccc3C(F)(F)F)nc21. The summed E-state index contributed by atoms with van der Waals surface area (Å²) in [5.74, 6) is -1.69. The summed E-state index contributed by atoms with van der Waals surface area (Å²) < 4.78 is 39.3. The van der Waals surface area contributed by atoms with E-state index in [1.54, 1.807) is 0 Å². The van der Waals surface area contributed by atoms with Crippen LogP contribution in [0.25, 0.3) is 10.6 Å². The Morgan fingerprint density at radius 1 is 1.32 bits per heavy atom. The average Bonchev–Trinajstić information content (AvgIpc) is 2.89. The van der Waals surface area contributed by atoms with Crippen molar-refractivity contribution in [3.05, 3.63) is 40.4 Å². The Hall–Kier alpha value is -1.89. The smallest absolute Gasteiger partial charge is 0.417 e. The average molecular weight is 327 g/mol. The number of halogens is 3. The fourth-order valence-electron chi connectivity index (χ4n) is 2.69. The lowest BCUT2D eigenvalue weighted by Gasteiger charge is -2.16. The number of benzene rings is 1. The van der Waals surface area contributed by atoms with Gasteiger partial charge in [0, 0.05) is 10.4 Å². The molecule has 0 aliphatic heterocycles. The number of nitrogens with zero attached hydrogens (tertiary/aromatic N) is 1. The van der Waals surface area contributed by atoms with Crippen LogP contribution < -0.4 is 0 Å². The summed E-state index contributed by atoms with van der Waals surface area (Å²) in [5, 5.41) is 9.48. The number of aromatic nitrogens is 1. The monoisotopic (exact) mass is 327 g/mol. The number of carboxylic acid groups (broad SMARTS) is 1. The lowest BCUT2D eigenvalue weighted by molar-refractivity contribution is -0.139. The van der Waals surface area contributed by atoms with Crippen LogP contribution in [-0.4, -0.2) is 16.1 Å². The van der Waals surface area contributed by atoms with E-state index < -0.39 is 23.6 Å². The lowest BCUT2D eigenvalue weighted by atomic mass is 9.91. The van der Waals surface area contributed by atoms with Crippen molar-refractivity contribution in [2.45, 2.75) is 31.4 Å². The van der Waals surface area contributed by atoms with Crippen molar-refractivity contribution in [2.75, 3.05) is 0 Å². The largest absolute Gasteiger partial charge is 0.481 e. The summed E-state index contributed by atoms with van der Waals surface area (Å²) in [7, 11) is 0. The number of aliphatic carboxylic acids is 1. The third-order valence-corrected chi connectivity index (χ3v) is 4.88. The van der Waals surface area contributed by atoms with Crippen molar-refractivity contribution in [3.63, 3.8) is 0 Å². The van der Waals surface area contributed by atoms with Crippen LogP contribution in [0.2, 0.25) is 0 Å². The zero-order valence-corrected chi connectivity index (χ0v) is 12.2. The minimum atomic E-state index is -4.46. The van der Waals surface area contributed by atoms with Crippen molar-refractivity contribution in [3.8, 4) is 10.6 Å². The van der Waals surface area contributed by atoms with E-state index in [9.17, 15) is 23.1 Å². The minimum Gasteiger partial charge on any atom is -0.481 e. The Bertz CT molecular complexity index is 724. The molecule has 0 saturated carbocycles. The van der Waals surface area contributed by atoms with Crippen molar-refractivity contribution in [1.82, 2.24) is 4.98 Å². The number of alkyl halides is 3. The lowest BCUT2D eigenvalue weighted by Crippen LogP contribution is -2.17. The Morgan fingerprint density at radius 3 is 2.73 bits per heavy atom. The van der Waals surface area contributed by atoms with E-state index in [0.717, 1.165) is 10.9 Å². The zero-order valence-electron chi connectivity index (χ0n) is 11.4. The molecule has 1 aromatic heterocycles. The first-order valence-corrected chi connectivity index (χ1v) is 7.58. The summed E-state index contributed by atoms with van der Waals surface area (Å²) in [6, 6.07) is 5.26. The molecular formula is C15H12F3NO2S. The van der Waals surface area contributed by atoms with Crippen LogP contribution in [-0.2, 0) is 17.4 Å². The first kappa shape index (κ1) is 15.0. The van der Waals surface area contributed by atoms with Gasteiger partial charge >= 0.3 is 12.1 Å². The first-order valence-electron chi connectivity index (χ1n) is 6.77. The van der Waals surface area contributed by atoms with Crippen LogP contribution >= 0.6 is 11.3 Å². The van der Waals surface area contributed by atoms with E-state index in [1.807, 2.05) is 0 Å². The Morgan fingerprint density at radius 2 is 2.05 bits per heavy atom. The number of aryl methyl sites for hydroxylation is 1. The minimum absolute atomic E-state index is 0.0125. The highest BCUT2D eigenvalue weighted by Gasteiger charge is 2.35. The van der Waals surface area contributed by atoms with Gasteiger partial charge in [-0.25, -0.2) is 4.98 Å². The van der Waals surface area contributed by atoms with E-state index in [0.29, 0.717) is 25.0 Å². The molecule has 1 aromatic carbocycles. The van der Waals surface area contributed by atoms with Gasteiger partial charge in [-0.2, -0.15) is 13.2 Å². The van der Waals surface area contributed by atoms with Crippen LogP contribution in [0.15, 0.2) is 24.3 Å². The number of rotatable bonds is 2. The van der Waals surface area contributed by atoms with Crippen LogP contribution in [0.1, 0.15) is 34.9 Å². The molecule has 0 saturated heterocycles. The summed E-state index contributed by atoms with van der Waals surface area (Å²) in [6.07, 6.45) is -2.60. The van der Waals surface area contributed by atoms with Crippen LogP contribution in [0.3, 0.4) is 0 Å². The van der Waals surface area contributed by atoms with E-state index in [-0.39, 0.29) is 10.6 Å². The van der Waals surface area contributed by atoms with Gasteiger partial charge in [-0.3, -0.25) is 4.79 Å². The molecule has 1 aliphatic carbocycles. The number of carbonyl (C=O) groups is 1. The molecule has 1 unspecified atom stereocenters. The molecule has 0 amide bonds. The third kappa shape index (κ3) is 2.61.